The van der Waals surface area contributed by atoms with Crippen molar-refractivity contribution >= 4 is 16.9 Å². The maximum absolute atomic E-state index is 11.0. The van der Waals surface area contributed by atoms with E-state index in [1.165, 1.54) is 0 Å². The topological polar surface area (TPSA) is 113 Å². The predicted octanol–water partition coefficient (Wildman–Crippen LogP) is -0.637. The molecule has 90 valence electrons. The number of fused-ring (bicyclic) bond motifs is 1. The van der Waals surface area contributed by atoms with Crippen molar-refractivity contribution < 1.29 is 9.53 Å². The van der Waals surface area contributed by atoms with Crippen LogP contribution in [0, 0.1) is 0 Å². The number of nitrogens with one attached hydrogen (secondary N) is 3. The van der Waals surface area contributed by atoms with E-state index in [4.69, 9.17) is 10.6 Å². The highest BCUT2D eigenvalue weighted by Crippen LogP contribution is 2.10. The third kappa shape index (κ3) is 2.71. The number of rotatable bonds is 4. The van der Waals surface area contributed by atoms with Crippen LogP contribution in [0.2, 0.25) is 0 Å². The van der Waals surface area contributed by atoms with E-state index >= 15 is 0 Å². The number of hydrogen-bond donors (Lipinski definition) is 4. The van der Waals surface area contributed by atoms with Crippen LogP contribution in [0.15, 0.2) is 23.0 Å². The molecule has 17 heavy (non-hydrogen) atoms. The van der Waals surface area contributed by atoms with Crippen molar-refractivity contribution in [3.8, 4) is 0 Å². The van der Waals surface area contributed by atoms with Crippen LogP contribution in [0.25, 0.3) is 11.0 Å². The SMILES string of the molecule is NNC(=O)COCc1ccc2[nH]c(=O)[nH]c2c1. The van der Waals surface area contributed by atoms with Gasteiger partial charge in [0.1, 0.15) is 6.61 Å². The van der Waals surface area contributed by atoms with Gasteiger partial charge in [0.2, 0.25) is 0 Å². The lowest BCUT2D eigenvalue weighted by molar-refractivity contribution is -0.126. The van der Waals surface area contributed by atoms with E-state index in [2.05, 4.69) is 9.97 Å². The van der Waals surface area contributed by atoms with Crippen molar-refractivity contribution in [1.29, 1.82) is 0 Å². The zero-order valence-corrected chi connectivity index (χ0v) is 8.95. The van der Waals surface area contributed by atoms with Gasteiger partial charge < -0.3 is 14.7 Å². The monoisotopic (exact) mass is 236 g/mol. The molecule has 2 rings (SSSR count). The first-order valence-corrected chi connectivity index (χ1v) is 4.97. The van der Waals surface area contributed by atoms with Gasteiger partial charge in [0.25, 0.3) is 5.91 Å². The molecule has 1 amide bonds. The second-order valence-corrected chi connectivity index (χ2v) is 3.52. The number of nitrogens with two attached hydrogens (primary N) is 1. The Balaban J connectivity index is 2.04. The molecule has 0 spiro atoms. The molecular weight excluding hydrogens is 224 g/mol. The highest BCUT2D eigenvalue weighted by atomic mass is 16.5. The molecule has 0 aliphatic carbocycles. The van der Waals surface area contributed by atoms with Crippen molar-refractivity contribution in [1.82, 2.24) is 15.4 Å². The Morgan fingerprint density at radius 2 is 2.12 bits per heavy atom. The Morgan fingerprint density at radius 1 is 1.35 bits per heavy atom. The summed E-state index contributed by atoms with van der Waals surface area (Å²) in [7, 11) is 0. The molecule has 0 aliphatic rings. The van der Waals surface area contributed by atoms with E-state index in [0.29, 0.717) is 5.52 Å². The van der Waals surface area contributed by atoms with Crippen LogP contribution in [0.1, 0.15) is 5.56 Å². The fraction of sp³-hybridized carbons (Fsp3) is 0.200. The second kappa shape index (κ2) is 4.81. The van der Waals surface area contributed by atoms with Crippen molar-refractivity contribution in [2.24, 2.45) is 5.84 Å². The lowest BCUT2D eigenvalue weighted by Gasteiger charge is -2.03. The minimum Gasteiger partial charge on any atom is -0.367 e. The number of imidazole rings is 1. The van der Waals surface area contributed by atoms with Gasteiger partial charge in [0.05, 0.1) is 17.6 Å². The predicted molar refractivity (Wildman–Crippen MR) is 60.9 cm³/mol. The molecular formula is C10H12N4O3. The minimum absolute atomic E-state index is 0.0990. The van der Waals surface area contributed by atoms with Crippen LogP contribution in [-0.2, 0) is 16.1 Å². The number of aromatic amines is 2. The van der Waals surface area contributed by atoms with Gasteiger partial charge in [-0.05, 0) is 17.7 Å². The lowest BCUT2D eigenvalue weighted by atomic mass is 10.2. The average molecular weight is 236 g/mol. The summed E-state index contributed by atoms with van der Waals surface area (Å²) in [6.07, 6.45) is 0. The number of carbonyl (C=O) groups excluding carboxylic acids is 1. The molecule has 0 unspecified atom stereocenters. The summed E-state index contributed by atoms with van der Waals surface area (Å²) >= 11 is 0. The third-order valence-corrected chi connectivity index (χ3v) is 2.24. The fourth-order valence-corrected chi connectivity index (χ4v) is 1.47. The molecule has 7 heteroatoms. The third-order valence-electron chi connectivity index (χ3n) is 2.24. The fourth-order valence-electron chi connectivity index (χ4n) is 1.47. The maximum Gasteiger partial charge on any atom is 0.323 e. The first-order chi connectivity index (χ1) is 8.19. The summed E-state index contributed by atoms with van der Waals surface area (Å²) in [5.41, 5.74) is 4.02. The Labute approximate surface area is 95.9 Å². The number of amides is 1. The summed E-state index contributed by atoms with van der Waals surface area (Å²) in [6.45, 7) is 0.175. The molecule has 0 saturated heterocycles. The summed E-state index contributed by atoms with van der Waals surface area (Å²) in [5, 5.41) is 0. The normalized spacial score (nSPS) is 10.6. The Morgan fingerprint density at radius 3 is 2.88 bits per heavy atom. The zero-order valence-electron chi connectivity index (χ0n) is 8.95. The molecule has 0 fully saturated rings. The number of hydrogen-bond acceptors (Lipinski definition) is 4. The second-order valence-electron chi connectivity index (χ2n) is 3.52. The highest BCUT2D eigenvalue weighted by Gasteiger charge is 2.02. The highest BCUT2D eigenvalue weighted by molar-refractivity contribution is 5.76. The van der Waals surface area contributed by atoms with Crippen LogP contribution in [-0.4, -0.2) is 22.5 Å². The Bertz CT molecular complexity index is 586. The van der Waals surface area contributed by atoms with Gasteiger partial charge in [0, 0.05) is 0 Å². The van der Waals surface area contributed by atoms with Crippen LogP contribution in [0.5, 0.6) is 0 Å². The lowest BCUT2D eigenvalue weighted by Crippen LogP contribution is -2.33. The van der Waals surface area contributed by atoms with Crippen LogP contribution >= 0.6 is 0 Å². The van der Waals surface area contributed by atoms with Gasteiger partial charge in [-0.1, -0.05) is 6.07 Å². The maximum atomic E-state index is 11.0. The number of hydrazine groups is 1. The standard InChI is InChI=1S/C10H12N4O3/c11-14-9(15)5-17-4-6-1-2-7-8(3-6)13-10(16)12-7/h1-3H,4-5,11H2,(H,14,15)(H2,12,13,16). The van der Waals surface area contributed by atoms with E-state index in [-0.39, 0.29) is 24.8 Å². The Hall–Kier alpha value is -2.12. The number of ether oxygens (including phenoxy) is 1. The molecule has 0 bridgehead atoms. The molecule has 1 aromatic heterocycles. The van der Waals surface area contributed by atoms with Crippen molar-refractivity contribution in [2.75, 3.05) is 6.61 Å². The van der Waals surface area contributed by atoms with Gasteiger partial charge in [0.15, 0.2) is 0 Å². The molecule has 0 saturated carbocycles. The molecule has 7 nitrogen and oxygen atoms in total. The van der Waals surface area contributed by atoms with E-state index < -0.39 is 0 Å². The van der Waals surface area contributed by atoms with Crippen LogP contribution < -0.4 is 17.0 Å². The molecule has 1 aromatic carbocycles. The van der Waals surface area contributed by atoms with Gasteiger partial charge in [-0.15, -0.1) is 0 Å². The van der Waals surface area contributed by atoms with Crippen molar-refractivity contribution in [3.05, 3.63) is 34.2 Å². The van der Waals surface area contributed by atoms with Gasteiger partial charge in [-0.2, -0.15) is 0 Å². The van der Waals surface area contributed by atoms with Gasteiger partial charge in [-0.3, -0.25) is 10.2 Å². The van der Waals surface area contributed by atoms with Gasteiger partial charge >= 0.3 is 5.69 Å². The van der Waals surface area contributed by atoms with Crippen LogP contribution in [0.4, 0.5) is 0 Å². The first kappa shape index (κ1) is 11.4. The molecule has 0 atom stereocenters. The van der Waals surface area contributed by atoms with E-state index in [0.717, 1.165) is 11.1 Å². The summed E-state index contributed by atoms with van der Waals surface area (Å²) in [6, 6.07) is 5.37. The van der Waals surface area contributed by atoms with E-state index in [9.17, 15) is 9.59 Å². The molecule has 5 N–H and O–H groups in total. The minimum atomic E-state index is -0.388. The Kier molecular flexibility index (Phi) is 3.22. The first-order valence-electron chi connectivity index (χ1n) is 4.97. The smallest absolute Gasteiger partial charge is 0.323 e. The zero-order chi connectivity index (χ0) is 12.3. The van der Waals surface area contributed by atoms with E-state index in [1.54, 1.807) is 12.1 Å². The summed E-state index contributed by atoms with van der Waals surface area (Å²) < 4.78 is 5.13. The molecule has 2 aromatic rings. The number of carbonyl (C=O) groups is 1. The quantitative estimate of drug-likeness (QED) is 0.321. The molecule has 1 heterocycles. The van der Waals surface area contributed by atoms with Crippen LogP contribution in [0.3, 0.4) is 0 Å². The number of benzene rings is 1. The largest absolute Gasteiger partial charge is 0.367 e. The van der Waals surface area contributed by atoms with Crippen molar-refractivity contribution in [2.45, 2.75) is 6.61 Å². The summed E-state index contributed by atoms with van der Waals surface area (Å²) in [5.74, 6) is 4.52. The summed E-state index contributed by atoms with van der Waals surface area (Å²) in [4.78, 5) is 27.1. The number of H-pyrrole nitrogens is 2. The average Bonchev–Trinajstić information content (AvgIpc) is 2.68. The molecule has 0 radical (unpaired) electrons. The van der Waals surface area contributed by atoms with Crippen molar-refractivity contribution in [3.63, 3.8) is 0 Å². The van der Waals surface area contributed by atoms with Gasteiger partial charge in [-0.25, -0.2) is 10.6 Å². The number of aromatic nitrogens is 2. The molecule has 0 aliphatic heterocycles. The van der Waals surface area contributed by atoms with E-state index in [1.807, 2.05) is 11.5 Å².